The molecule has 0 aliphatic heterocycles. The molecule has 0 spiro atoms. The molecule has 1 saturated carbocycles. The van der Waals surface area contributed by atoms with Gasteiger partial charge in [0.05, 0.1) is 5.02 Å². The van der Waals surface area contributed by atoms with Gasteiger partial charge in [0.1, 0.15) is 17.5 Å². The van der Waals surface area contributed by atoms with Crippen LogP contribution in [0.25, 0.3) is 5.52 Å². The smallest absolute Gasteiger partial charge is 0.276 e. The molecule has 6 heteroatoms. The minimum Gasteiger partial charge on any atom is -0.307 e. The first-order valence-corrected chi connectivity index (χ1v) is 5.94. The second-order valence-corrected chi connectivity index (χ2v) is 4.81. The minimum absolute atomic E-state index is 0.00303. The van der Waals surface area contributed by atoms with Crippen molar-refractivity contribution in [2.75, 3.05) is 0 Å². The van der Waals surface area contributed by atoms with Crippen molar-refractivity contribution in [1.82, 2.24) is 14.6 Å². The molecule has 0 amide bonds. The molecule has 0 aromatic carbocycles. The van der Waals surface area contributed by atoms with Crippen LogP contribution in [-0.4, -0.2) is 20.8 Å². The van der Waals surface area contributed by atoms with Crippen LogP contribution in [0.4, 0.5) is 4.39 Å². The van der Waals surface area contributed by atoms with E-state index in [-0.39, 0.29) is 11.5 Å². The number of rotatable bonds is 1. The summed E-state index contributed by atoms with van der Waals surface area (Å²) in [5.41, 5.74) is 0.0671. The first kappa shape index (κ1) is 10.8. The molecular weight excluding hydrogens is 245 g/mol. The molecule has 2 atom stereocenters. The lowest BCUT2D eigenvalue weighted by molar-refractivity contribution is 0.338. The van der Waals surface area contributed by atoms with E-state index < -0.39 is 6.17 Å². The van der Waals surface area contributed by atoms with E-state index in [0.29, 0.717) is 29.2 Å². The first-order chi connectivity index (χ1) is 8.15. The molecule has 2 heterocycles. The minimum atomic E-state index is -0.783. The highest BCUT2D eigenvalue weighted by molar-refractivity contribution is 6.33. The third-order valence-electron chi connectivity index (χ3n) is 3.24. The van der Waals surface area contributed by atoms with Crippen LogP contribution >= 0.6 is 11.6 Å². The van der Waals surface area contributed by atoms with Crippen LogP contribution in [0.5, 0.6) is 0 Å². The Morgan fingerprint density at radius 2 is 2.35 bits per heavy atom. The van der Waals surface area contributed by atoms with E-state index in [1.54, 1.807) is 12.3 Å². The molecule has 3 rings (SSSR count). The Morgan fingerprint density at radius 1 is 1.53 bits per heavy atom. The summed E-state index contributed by atoms with van der Waals surface area (Å²) in [6.45, 7) is 0. The van der Waals surface area contributed by atoms with Gasteiger partial charge in [-0.3, -0.25) is 4.79 Å². The Bertz CT molecular complexity index is 621. The third-order valence-corrected chi connectivity index (χ3v) is 3.55. The number of hydrogen-bond acceptors (Lipinski definition) is 2. The van der Waals surface area contributed by atoms with Gasteiger partial charge in [0.25, 0.3) is 5.56 Å². The maximum atomic E-state index is 13.1. The van der Waals surface area contributed by atoms with Gasteiger partial charge in [-0.05, 0) is 25.3 Å². The van der Waals surface area contributed by atoms with E-state index in [0.717, 1.165) is 6.42 Å². The van der Waals surface area contributed by atoms with Crippen molar-refractivity contribution in [3.05, 3.63) is 33.5 Å². The van der Waals surface area contributed by atoms with Crippen molar-refractivity contribution in [3.63, 3.8) is 0 Å². The molecule has 1 aliphatic carbocycles. The zero-order chi connectivity index (χ0) is 12.0. The summed E-state index contributed by atoms with van der Waals surface area (Å²) in [7, 11) is 0. The summed E-state index contributed by atoms with van der Waals surface area (Å²) >= 11 is 5.87. The van der Waals surface area contributed by atoms with E-state index in [9.17, 15) is 9.18 Å². The van der Waals surface area contributed by atoms with Crippen LogP contribution in [0.15, 0.2) is 17.1 Å². The molecule has 17 heavy (non-hydrogen) atoms. The van der Waals surface area contributed by atoms with E-state index in [1.165, 1.54) is 4.52 Å². The number of nitrogens with zero attached hydrogens (tertiary/aromatic N) is 2. The standard InChI is InChI=1S/C11H11ClFN3O/c12-8-3-4-16-9(8)11(17)14-10(15-16)6-1-2-7(13)5-6/h3-4,6-7H,1-2,5H2,(H,14,15,17)/t6-,7+/m0/s1. The molecule has 1 aliphatic rings. The maximum Gasteiger partial charge on any atom is 0.276 e. The third kappa shape index (κ3) is 1.74. The van der Waals surface area contributed by atoms with Gasteiger partial charge in [-0.1, -0.05) is 11.6 Å². The Morgan fingerprint density at radius 3 is 3.06 bits per heavy atom. The number of fused-ring (bicyclic) bond motifs is 1. The first-order valence-electron chi connectivity index (χ1n) is 5.56. The monoisotopic (exact) mass is 255 g/mol. The highest BCUT2D eigenvalue weighted by Gasteiger charge is 2.28. The number of halogens is 2. The van der Waals surface area contributed by atoms with Gasteiger partial charge >= 0.3 is 0 Å². The Balaban J connectivity index is 2.10. The predicted octanol–water partition coefficient (Wildman–Crippen LogP) is 2.28. The van der Waals surface area contributed by atoms with Crippen molar-refractivity contribution in [3.8, 4) is 0 Å². The predicted molar refractivity (Wildman–Crippen MR) is 62.3 cm³/mol. The van der Waals surface area contributed by atoms with Crippen molar-refractivity contribution in [2.24, 2.45) is 0 Å². The lowest BCUT2D eigenvalue weighted by Crippen LogP contribution is -2.17. The van der Waals surface area contributed by atoms with Crippen LogP contribution < -0.4 is 5.56 Å². The van der Waals surface area contributed by atoms with Gasteiger partial charge in [-0.25, -0.2) is 8.91 Å². The lowest BCUT2D eigenvalue weighted by atomic mass is 10.1. The highest BCUT2D eigenvalue weighted by atomic mass is 35.5. The van der Waals surface area contributed by atoms with Gasteiger partial charge in [0, 0.05) is 12.1 Å². The summed E-state index contributed by atoms with van der Waals surface area (Å²) in [5, 5.41) is 4.66. The topological polar surface area (TPSA) is 50.2 Å². The second-order valence-electron chi connectivity index (χ2n) is 4.40. The fourth-order valence-corrected chi connectivity index (χ4v) is 2.60. The molecule has 0 bridgehead atoms. The molecule has 90 valence electrons. The molecule has 0 saturated heterocycles. The number of hydrogen-bond donors (Lipinski definition) is 1. The van der Waals surface area contributed by atoms with Gasteiger partial charge in [0.15, 0.2) is 0 Å². The van der Waals surface area contributed by atoms with Crippen molar-refractivity contribution in [1.29, 1.82) is 0 Å². The van der Waals surface area contributed by atoms with Gasteiger partial charge in [-0.15, -0.1) is 0 Å². The Kier molecular flexibility index (Phi) is 2.43. The summed E-state index contributed by atoms with van der Waals surface area (Å²) in [6, 6.07) is 1.62. The van der Waals surface area contributed by atoms with Crippen LogP contribution in [0.2, 0.25) is 5.02 Å². The summed E-state index contributed by atoms with van der Waals surface area (Å²) in [6.07, 6.45) is 2.56. The lowest BCUT2D eigenvalue weighted by Gasteiger charge is -2.08. The molecule has 4 nitrogen and oxygen atoms in total. The Hall–Kier alpha value is -1.36. The molecule has 0 unspecified atom stereocenters. The largest absolute Gasteiger partial charge is 0.307 e. The van der Waals surface area contributed by atoms with E-state index in [1.807, 2.05) is 0 Å². The number of H-pyrrole nitrogens is 1. The van der Waals surface area contributed by atoms with Gasteiger partial charge in [-0.2, -0.15) is 5.10 Å². The average molecular weight is 256 g/mol. The number of aromatic nitrogens is 3. The maximum absolute atomic E-state index is 13.1. The molecule has 1 fully saturated rings. The van der Waals surface area contributed by atoms with Crippen LogP contribution in [0.3, 0.4) is 0 Å². The average Bonchev–Trinajstić information content (AvgIpc) is 2.86. The summed E-state index contributed by atoms with van der Waals surface area (Å²) in [5.74, 6) is 0.554. The SMILES string of the molecule is O=c1[nH]c([C@H]2CC[C@@H](F)C2)nn2ccc(Cl)c12. The zero-order valence-corrected chi connectivity index (χ0v) is 9.75. The fraction of sp³-hybridized carbons (Fsp3) is 0.455. The molecule has 2 aromatic heterocycles. The van der Waals surface area contributed by atoms with Crippen LogP contribution in [-0.2, 0) is 0 Å². The number of nitrogens with one attached hydrogen (secondary N) is 1. The van der Waals surface area contributed by atoms with Crippen molar-refractivity contribution in [2.45, 2.75) is 31.4 Å². The molecular formula is C11H11ClFN3O. The van der Waals surface area contributed by atoms with Gasteiger partial charge < -0.3 is 4.98 Å². The van der Waals surface area contributed by atoms with Crippen LogP contribution in [0.1, 0.15) is 31.0 Å². The zero-order valence-electron chi connectivity index (χ0n) is 8.99. The van der Waals surface area contributed by atoms with E-state index >= 15 is 0 Å². The number of alkyl halides is 1. The normalized spacial score (nSPS) is 24.6. The second kappa shape index (κ2) is 3.84. The molecule has 0 radical (unpaired) electrons. The summed E-state index contributed by atoms with van der Waals surface area (Å²) in [4.78, 5) is 14.5. The van der Waals surface area contributed by atoms with Gasteiger partial charge in [0.2, 0.25) is 0 Å². The highest BCUT2D eigenvalue weighted by Crippen LogP contribution is 2.33. The van der Waals surface area contributed by atoms with E-state index in [4.69, 9.17) is 11.6 Å². The number of aromatic amines is 1. The molecule has 2 aromatic rings. The Labute approximate surface area is 101 Å². The van der Waals surface area contributed by atoms with Crippen molar-refractivity contribution >= 4 is 17.1 Å². The molecule has 1 N–H and O–H groups in total. The quantitative estimate of drug-likeness (QED) is 0.850. The summed E-state index contributed by atoms with van der Waals surface area (Å²) < 4.78 is 14.6. The van der Waals surface area contributed by atoms with Crippen LogP contribution in [0, 0.1) is 0 Å². The fourth-order valence-electron chi connectivity index (χ4n) is 2.37. The van der Waals surface area contributed by atoms with E-state index in [2.05, 4.69) is 10.1 Å². The van der Waals surface area contributed by atoms with Crippen molar-refractivity contribution < 1.29 is 4.39 Å².